The Balaban J connectivity index is 2.80. The van der Waals surface area contributed by atoms with Gasteiger partial charge in [-0.05, 0) is 30.4 Å². The van der Waals surface area contributed by atoms with E-state index in [1.165, 1.54) is 6.21 Å². The van der Waals surface area contributed by atoms with Crippen LogP contribution in [0.15, 0.2) is 27.8 Å². The summed E-state index contributed by atoms with van der Waals surface area (Å²) in [7, 11) is 0. The van der Waals surface area contributed by atoms with Gasteiger partial charge in [-0.25, -0.2) is 0 Å². The molecule has 0 saturated heterocycles. The van der Waals surface area contributed by atoms with Crippen molar-refractivity contribution in [3.63, 3.8) is 0 Å². The van der Waals surface area contributed by atoms with Crippen molar-refractivity contribution in [3.05, 3.63) is 28.2 Å². The van der Waals surface area contributed by atoms with Crippen molar-refractivity contribution in [2.45, 2.75) is 0 Å². The molecule has 6 heteroatoms. The van der Waals surface area contributed by atoms with E-state index in [-0.39, 0.29) is 10.9 Å². The Morgan fingerprint density at radius 2 is 2.36 bits per heavy atom. The lowest BCUT2D eigenvalue weighted by molar-refractivity contribution is 0.475. The summed E-state index contributed by atoms with van der Waals surface area (Å²) < 4.78 is 0.823. The molecular formula is C8H8BrN3OS. The van der Waals surface area contributed by atoms with Crippen LogP contribution in [0.25, 0.3) is 0 Å². The van der Waals surface area contributed by atoms with Gasteiger partial charge in [0.2, 0.25) is 0 Å². The molecule has 0 heterocycles. The number of nitrogens with zero attached hydrogens (tertiary/aromatic N) is 1. The van der Waals surface area contributed by atoms with Crippen molar-refractivity contribution in [1.82, 2.24) is 5.43 Å². The van der Waals surface area contributed by atoms with Gasteiger partial charge in [-0.15, -0.1) is 0 Å². The molecule has 74 valence electrons. The summed E-state index contributed by atoms with van der Waals surface area (Å²) in [5, 5.41) is 13.0. The van der Waals surface area contributed by atoms with E-state index in [0.29, 0.717) is 0 Å². The van der Waals surface area contributed by atoms with Gasteiger partial charge in [0.25, 0.3) is 0 Å². The molecule has 1 aromatic rings. The van der Waals surface area contributed by atoms with Gasteiger partial charge in [0, 0.05) is 10.0 Å². The second kappa shape index (κ2) is 4.92. The van der Waals surface area contributed by atoms with E-state index < -0.39 is 0 Å². The number of rotatable bonds is 2. The standard InChI is InChI=1S/C8H8BrN3OS/c9-7-2-1-6(13)3-5(7)4-11-12-8(10)14/h1-4,13H,(H3,10,12,14). The SMILES string of the molecule is NC(=S)NN=Cc1cc(O)ccc1Br. The van der Waals surface area contributed by atoms with E-state index in [0.717, 1.165) is 10.0 Å². The summed E-state index contributed by atoms with van der Waals surface area (Å²) >= 11 is 7.86. The van der Waals surface area contributed by atoms with Crippen LogP contribution in [-0.2, 0) is 0 Å². The third-order valence-corrected chi connectivity index (χ3v) is 2.17. The maximum absolute atomic E-state index is 9.19. The van der Waals surface area contributed by atoms with Crippen LogP contribution in [0.4, 0.5) is 0 Å². The van der Waals surface area contributed by atoms with Crippen molar-refractivity contribution in [2.75, 3.05) is 0 Å². The molecule has 0 atom stereocenters. The summed E-state index contributed by atoms with van der Waals surface area (Å²) in [4.78, 5) is 0. The fraction of sp³-hybridized carbons (Fsp3) is 0. The normalized spacial score (nSPS) is 10.4. The number of nitrogens with two attached hydrogens (primary N) is 1. The van der Waals surface area contributed by atoms with Gasteiger partial charge in [-0.1, -0.05) is 15.9 Å². The molecule has 14 heavy (non-hydrogen) atoms. The average molecular weight is 274 g/mol. The predicted octanol–water partition coefficient (Wildman–Crippen LogP) is 1.32. The zero-order chi connectivity index (χ0) is 10.6. The minimum Gasteiger partial charge on any atom is -0.508 e. The Bertz CT molecular complexity index is 381. The molecule has 4 nitrogen and oxygen atoms in total. The number of nitrogens with one attached hydrogen (secondary N) is 1. The maximum atomic E-state index is 9.19. The Kier molecular flexibility index (Phi) is 3.84. The van der Waals surface area contributed by atoms with Gasteiger partial charge in [-0.3, -0.25) is 5.43 Å². The summed E-state index contributed by atoms with van der Waals surface area (Å²) in [5.74, 6) is 0.171. The second-order valence-electron chi connectivity index (χ2n) is 2.44. The van der Waals surface area contributed by atoms with E-state index in [4.69, 9.17) is 5.73 Å². The highest BCUT2D eigenvalue weighted by Crippen LogP contribution is 2.19. The molecule has 0 aliphatic rings. The quantitative estimate of drug-likeness (QED) is 0.432. The fourth-order valence-electron chi connectivity index (χ4n) is 0.796. The summed E-state index contributed by atoms with van der Waals surface area (Å²) in [6.45, 7) is 0. The molecule has 4 N–H and O–H groups in total. The van der Waals surface area contributed by atoms with Crippen LogP contribution in [0.3, 0.4) is 0 Å². The van der Waals surface area contributed by atoms with Crippen LogP contribution in [-0.4, -0.2) is 16.4 Å². The smallest absolute Gasteiger partial charge is 0.184 e. The van der Waals surface area contributed by atoms with Gasteiger partial charge in [-0.2, -0.15) is 5.10 Å². The minimum absolute atomic E-state index is 0.0949. The number of benzene rings is 1. The number of hydrogen-bond donors (Lipinski definition) is 3. The number of phenols is 1. The minimum atomic E-state index is 0.0949. The van der Waals surface area contributed by atoms with Crippen LogP contribution in [0.2, 0.25) is 0 Å². The van der Waals surface area contributed by atoms with Gasteiger partial charge in [0.15, 0.2) is 5.11 Å². The highest BCUT2D eigenvalue weighted by atomic mass is 79.9. The predicted molar refractivity (Wildman–Crippen MR) is 63.3 cm³/mol. The van der Waals surface area contributed by atoms with Crippen LogP contribution >= 0.6 is 28.1 Å². The third kappa shape index (κ3) is 3.31. The first-order chi connectivity index (χ1) is 6.59. The Labute approximate surface area is 94.9 Å². The molecule has 0 aliphatic heterocycles. The number of hydrogen-bond acceptors (Lipinski definition) is 3. The van der Waals surface area contributed by atoms with Gasteiger partial charge >= 0.3 is 0 Å². The van der Waals surface area contributed by atoms with E-state index in [2.05, 4.69) is 38.7 Å². The van der Waals surface area contributed by atoms with Crippen LogP contribution in [0.5, 0.6) is 5.75 Å². The number of aromatic hydroxyl groups is 1. The molecular weight excluding hydrogens is 266 g/mol. The van der Waals surface area contributed by atoms with Crippen LogP contribution < -0.4 is 11.2 Å². The highest BCUT2D eigenvalue weighted by molar-refractivity contribution is 9.10. The molecule has 0 unspecified atom stereocenters. The number of hydrazone groups is 1. The number of thiocarbonyl (C=S) groups is 1. The highest BCUT2D eigenvalue weighted by Gasteiger charge is 1.97. The van der Waals surface area contributed by atoms with Crippen molar-refractivity contribution in [3.8, 4) is 5.75 Å². The zero-order valence-corrected chi connectivity index (χ0v) is 9.47. The monoisotopic (exact) mass is 273 g/mol. The summed E-state index contributed by atoms with van der Waals surface area (Å²) in [6, 6.07) is 4.86. The van der Waals surface area contributed by atoms with Gasteiger partial charge < -0.3 is 10.8 Å². The summed E-state index contributed by atoms with van der Waals surface area (Å²) in [5.41, 5.74) is 8.32. The van der Waals surface area contributed by atoms with Crippen molar-refractivity contribution >= 4 is 39.5 Å². The molecule has 0 radical (unpaired) electrons. The van der Waals surface area contributed by atoms with Crippen LogP contribution in [0, 0.1) is 0 Å². The van der Waals surface area contributed by atoms with E-state index in [1.807, 2.05) is 0 Å². The first-order valence-corrected chi connectivity index (χ1v) is 4.87. The summed E-state index contributed by atoms with van der Waals surface area (Å²) in [6.07, 6.45) is 1.50. The van der Waals surface area contributed by atoms with Crippen molar-refractivity contribution < 1.29 is 5.11 Å². The van der Waals surface area contributed by atoms with Gasteiger partial charge in [0.1, 0.15) is 5.75 Å². The van der Waals surface area contributed by atoms with Crippen molar-refractivity contribution in [2.24, 2.45) is 10.8 Å². The number of halogens is 1. The molecule has 1 aromatic carbocycles. The second-order valence-corrected chi connectivity index (χ2v) is 3.73. The van der Waals surface area contributed by atoms with Crippen molar-refractivity contribution in [1.29, 1.82) is 0 Å². The lowest BCUT2D eigenvalue weighted by atomic mass is 10.2. The van der Waals surface area contributed by atoms with E-state index in [1.54, 1.807) is 18.2 Å². The zero-order valence-electron chi connectivity index (χ0n) is 7.07. The molecule has 0 amide bonds. The molecule has 0 aliphatic carbocycles. The topological polar surface area (TPSA) is 70.6 Å². The van der Waals surface area contributed by atoms with E-state index in [9.17, 15) is 5.11 Å². The molecule has 1 rings (SSSR count). The lowest BCUT2D eigenvalue weighted by Crippen LogP contribution is -2.24. The first-order valence-electron chi connectivity index (χ1n) is 3.66. The molecule has 0 bridgehead atoms. The maximum Gasteiger partial charge on any atom is 0.184 e. The Morgan fingerprint density at radius 3 is 3.00 bits per heavy atom. The first kappa shape index (κ1) is 10.9. The van der Waals surface area contributed by atoms with Gasteiger partial charge in [0.05, 0.1) is 6.21 Å². The fourth-order valence-corrected chi connectivity index (χ4v) is 1.20. The Morgan fingerprint density at radius 1 is 1.64 bits per heavy atom. The van der Waals surface area contributed by atoms with Crippen LogP contribution in [0.1, 0.15) is 5.56 Å². The number of phenolic OH excluding ortho intramolecular Hbond substituents is 1. The molecule has 0 spiro atoms. The molecule has 0 fully saturated rings. The molecule has 0 aromatic heterocycles. The third-order valence-electron chi connectivity index (χ3n) is 1.36. The lowest BCUT2D eigenvalue weighted by Gasteiger charge is -1.99. The largest absolute Gasteiger partial charge is 0.508 e. The Hall–Kier alpha value is -1.14. The molecule has 0 saturated carbocycles. The van der Waals surface area contributed by atoms with E-state index >= 15 is 0 Å². The average Bonchev–Trinajstić information content (AvgIpc) is 2.10.